The van der Waals surface area contributed by atoms with Crippen molar-refractivity contribution in [1.29, 1.82) is 0 Å². The Kier molecular flexibility index (Phi) is 5.00. The summed E-state index contributed by atoms with van der Waals surface area (Å²) in [6, 6.07) is 11.3. The molecule has 0 spiro atoms. The third kappa shape index (κ3) is 3.30. The van der Waals surface area contributed by atoms with Gasteiger partial charge in [-0.15, -0.1) is 0 Å². The number of benzene rings is 2. The Hall–Kier alpha value is -1.13. The lowest BCUT2D eigenvalue weighted by Crippen LogP contribution is -2.06. The van der Waals surface area contributed by atoms with Crippen LogP contribution in [-0.2, 0) is 6.42 Å². The lowest BCUT2D eigenvalue weighted by atomic mass is 9.99. The molecule has 0 N–H and O–H groups in total. The quantitative estimate of drug-likeness (QED) is 0.682. The molecule has 0 fully saturated rings. The molecule has 0 aliphatic heterocycles. The highest BCUT2D eigenvalue weighted by Crippen LogP contribution is 2.25. The molecule has 104 valence electrons. The summed E-state index contributed by atoms with van der Waals surface area (Å²) in [4.78, 5) is 12.5. The first kappa shape index (κ1) is 15.3. The number of ether oxygens (including phenoxy) is 1. The van der Waals surface area contributed by atoms with E-state index in [-0.39, 0.29) is 5.78 Å². The van der Waals surface area contributed by atoms with Crippen molar-refractivity contribution in [2.24, 2.45) is 0 Å². The molecule has 0 atom stereocenters. The minimum Gasteiger partial charge on any atom is -0.497 e. The zero-order valence-electron chi connectivity index (χ0n) is 11.2. The Balaban J connectivity index is 2.30. The Labute approximate surface area is 135 Å². The molecule has 0 saturated heterocycles. The molecular formula is C16H14Br2O2. The van der Waals surface area contributed by atoms with Crippen molar-refractivity contribution in [3.05, 3.63) is 62.0 Å². The first-order valence-electron chi connectivity index (χ1n) is 6.13. The van der Waals surface area contributed by atoms with Crippen LogP contribution in [0.1, 0.15) is 21.5 Å². The van der Waals surface area contributed by atoms with Crippen LogP contribution in [0.2, 0.25) is 0 Å². The fraction of sp³-hybridized carbons (Fsp3) is 0.188. The molecule has 2 nitrogen and oxygen atoms in total. The number of hydrogen-bond donors (Lipinski definition) is 0. The number of Topliss-reactive ketones (excluding diaryl/α,β-unsaturated/α-hetero) is 1. The largest absolute Gasteiger partial charge is 0.497 e. The van der Waals surface area contributed by atoms with Crippen molar-refractivity contribution in [1.82, 2.24) is 0 Å². The molecule has 4 heteroatoms. The summed E-state index contributed by atoms with van der Waals surface area (Å²) in [6.07, 6.45) is 0.342. The van der Waals surface area contributed by atoms with Gasteiger partial charge in [0.25, 0.3) is 0 Å². The smallest absolute Gasteiger partial charge is 0.167 e. The fourth-order valence-electron chi connectivity index (χ4n) is 1.99. The topological polar surface area (TPSA) is 26.3 Å². The van der Waals surface area contributed by atoms with Crippen molar-refractivity contribution in [3.8, 4) is 5.75 Å². The Morgan fingerprint density at radius 3 is 2.60 bits per heavy atom. The molecule has 0 aliphatic rings. The van der Waals surface area contributed by atoms with Crippen molar-refractivity contribution in [2.45, 2.75) is 13.3 Å². The van der Waals surface area contributed by atoms with Gasteiger partial charge in [-0.25, -0.2) is 0 Å². The molecule has 0 bridgehead atoms. The van der Waals surface area contributed by atoms with Crippen molar-refractivity contribution in [3.63, 3.8) is 0 Å². The Morgan fingerprint density at radius 2 is 1.90 bits per heavy atom. The van der Waals surface area contributed by atoms with Crippen LogP contribution in [0.3, 0.4) is 0 Å². The molecule has 2 aromatic carbocycles. The van der Waals surface area contributed by atoms with Gasteiger partial charge in [-0.3, -0.25) is 4.79 Å². The maximum Gasteiger partial charge on any atom is 0.167 e. The van der Waals surface area contributed by atoms with Crippen LogP contribution in [0.5, 0.6) is 5.75 Å². The molecule has 0 radical (unpaired) electrons. The molecular weight excluding hydrogens is 384 g/mol. The van der Waals surface area contributed by atoms with Gasteiger partial charge in [-0.2, -0.15) is 0 Å². The summed E-state index contributed by atoms with van der Waals surface area (Å²) in [6.45, 7) is 1.94. The Morgan fingerprint density at radius 1 is 1.15 bits per heavy atom. The van der Waals surface area contributed by atoms with E-state index < -0.39 is 0 Å². The van der Waals surface area contributed by atoms with E-state index in [1.165, 1.54) is 0 Å². The van der Waals surface area contributed by atoms with E-state index in [9.17, 15) is 4.79 Å². The molecule has 0 heterocycles. The number of rotatable bonds is 4. The minimum atomic E-state index is 0.0951. The van der Waals surface area contributed by atoms with Crippen LogP contribution < -0.4 is 4.74 Å². The first-order valence-corrected chi connectivity index (χ1v) is 7.72. The monoisotopic (exact) mass is 396 g/mol. The highest BCUT2D eigenvalue weighted by atomic mass is 79.9. The summed E-state index contributed by atoms with van der Waals surface area (Å²) in [5.41, 5.74) is 2.64. The normalized spacial score (nSPS) is 10.4. The predicted molar refractivity (Wildman–Crippen MR) is 87.6 cm³/mol. The van der Waals surface area contributed by atoms with E-state index in [4.69, 9.17) is 4.74 Å². The highest BCUT2D eigenvalue weighted by molar-refractivity contribution is 9.10. The molecule has 20 heavy (non-hydrogen) atoms. The third-order valence-electron chi connectivity index (χ3n) is 3.17. The zero-order valence-corrected chi connectivity index (χ0v) is 14.4. The van der Waals surface area contributed by atoms with Crippen molar-refractivity contribution >= 4 is 37.6 Å². The second kappa shape index (κ2) is 6.55. The second-order valence-electron chi connectivity index (χ2n) is 4.47. The fourth-order valence-corrected chi connectivity index (χ4v) is 2.74. The lowest BCUT2D eigenvalue weighted by Gasteiger charge is -2.09. The van der Waals surface area contributed by atoms with Crippen molar-refractivity contribution in [2.75, 3.05) is 7.11 Å². The van der Waals surface area contributed by atoms with Gasteiger partial charge in [0.2, 0.25) is 0 Å². The second-order valence-corrected chi connectivity index (χ2v) is 6.18. The van der Waals surface area contributed by atoms with E-state index >= 15 is 0 Å². The number of ketones is 1. The highest BCUT2D eigenvalue weighted by Gasteiger charge is 2.13. The standard InChI is InChI=1S/C16H14Br2O2/c1-10-13(4-3-5-14(10)17)16(19)9-11-8-12(20-2)6-7-15(11)18/h3-8H,9H2,1-2H3. The number of methoxy groups -OCH3 is 1. The molecule has 0 unspecified atom stereocenters. The maximum absolute atomic E-state index is 12.5. The van der Waals surface area contributed by atoms with Crippen LogP contribution in [-0.4, -0.2) is 12.9 Å². The molecule has 0 saturated carbocycles. The molecule has 0 amide bonds. The van der Waals surface area contributed by atoms with Gasteiger partial charge in [0.15, 0.2) is 5.78 Å². The summed E-state index contributed by atoms with van der Waals surface area (Å²) in [7, 11) is 1.62. The lowest BCUT2D eigenvalue weighted by molar-refractivity contribution is 0.0992. The average molecular weight is 398 g/mol. The number of hydrogen-bond acceptors (Lipinski definition) is 2. The first-order chi connectivity index (χ1) is 9.52. The molecule has 2 aromatic rings. The number of halogens is 2. The van der Waals surface area contributed by atoms with Crippen LogP contribution >= 0.6 is 31.9 Å². The van der Waals surface area contributed by atoms with Gasteiger partial charge in [-0.05, 0) is 42.3 Å². The van der Waals surface area contributed by atoms with Gasteiger partial charge in [0.05, 0.1) is 7.11 Å². The summed E-state index contributed by atoms with van der Waals surface area (Å²) < 4.78 is 7.07. The van der Waals surface area contributed by atoms with E-state index in [1.807, 2.05) is 43.3 Å². The van der Waals surface area contributed by atoms with Gasteiger partial charge < -0.3 is 4.74 Å². The van der Waals surface area contributed by atoms with Gasteiger partial charge >= 0.3 is 0 Å². The van der Waals surface area contributed by atoms with E-state index in [0.717, 1.165) is 31.4 Å². The molecule has 0 aliphatic carbocycles. The van der Waals surface area contributed by atoms with Crippen LogP contribution in [0.15, 0.2) is 45.3 Å². The van der Waals surface area contributed by atoms with Crippen LogP contribution in [0, 0.1) is 6.92 Å². The average Bonchev–Trinajstić information content (AvgIpc) is 2.44. The van der Waals surface area contributed by atoms with Gasteiger partial charge in [0, 0.05) is 20.9 Å². The van der Waals surface area contributed by atoms with E-state index in [2.05, 4.69) is 31.9 Å². The van der Waals surface area contributed by atoms with Gasteiger partial charge in [0.1, 0.15) is 5.75 Å². The SMILES string of the molecule is COc1ccc(Br)c(CC(=O)c2cccc(Br)c2C)c1. The molecule has 0 aromatic heterocycles. The third-order valence-corrected chi connectivity index (χ3v) is 4.80. The Bertz CT molecular complexity index is 651. The molecule has 2 rings (SSSR count). The number of carbonyl (C=O) groups is 1. The number of carbonyl (C=O) groups excluding carboxylic acids is 1. The summed E-state index contributed by atoms with van der Waals surface area (Å²) >= 11 is 6.93. The van der Waals surface area contributed by atoms with E-state index in [0.29, 0.717) is 6.42 Å². The van der Waals surface area contributed by atoms with Gasteiger partial charge in [-0.1, -0.05) is 44.0 Å². The van der Waals surface area contributed by atoms with Crippen molar-refractivity contribution < 1.29 is 9.53 Å². The van der Waals surface area contributed by atoms with E-state index in [1.54, 1.807) is 7.11 Å². The van der Waals surface area contributed by atoms with Crippen LogP contribution in [0.25, 0.3) is 0 Å². The predicted octanol–water partition coefficient (Wildman–Crippen LogP) is 4.95. The summed E-state index contributed by atoms with van der Waals surface area (Å²) in [5.74, 6) is 0.847. The van der Waals surface area contributed by atoms with Crippen LogP contribution in [0.4, 0.5) is 0 Å². The summed E-state index contributed by atoms with van der Waals surface area (Å²) in [5, 5.41) is 0. The zero-order chi connectivity index (χ0) is 14.7. The minimum absolute atomic E-state index is 0.0951. The maximum atomic E-state index is 12.5.